The van der Waals surface area contributed by atoms with Crippen LogP contribution in [-0.2, 0) is 17.9 Å². The van der Waals surface area contributed by atoms with Crippen LogP contribution >= 0.6 is 0 Å². The van der Waals surface area contributed by atoms with Crippen molar-refractivity contribution in [3.63, 3.8) is 0 Å². The molecule has 7 nitrogen and oxygen atoms in total. The molecule has 1 aromatic carbocycles. The van der Waals surface area contributed by atoms with Crippen molar-refractivity contribution in [1.82, 2.24) is 20.2 Å². The van der Waals surface area contributed by atoms with Gasteiger partial charge in [0.1, 0.15) is 0 Å². The first-order chi connectivity index (χ1) is 12.8. The Balaban J connectivity index is 1.50. The van der Waals surface area contributed by atoms with Gasteiger partial charge in [-0.1, -0.05) is 24.3 Å². The van der Waals surface area contributed by atoms with Gasteiger partial charge in [0.25, 0.3) is 0 Å². The lowest BCUT2D eigenvalue weighted by Crippen LogP contribution is -2.52. The summed E-state index contributed by atoms with van der Waals surface area (Å²) in [5.74, 6) is 1.73. The zero-order valence-corrected chi connectivity index (χ0v) is 15.4. The summed E-state index contributed by atoms with van der Waals surface area (Å²) in [6.07, 6.45) is 3.57. The summed E-state index contributed by atoms with van der Waals surface area (Å²) < 4.78 is 5.15. The van der Waals surface area contributed by atoms with E-state index in [4.69, 9.17) is 4.74 Å². The number of nitrogens with one attached hydrogen (secondary N) is 1. The Bertz CT molecular complexity index is 696. The molecule has 0 unspecified atom stereocenters. The first-order valence-corrected chi connectivity index (χ1v) is 8.84. The molecule has 1 aromatic heterocycles. The zero-order valence-electron chi connectivity index (χ0n) is 15.4. The number of ether oxygens (including phenoxy) is 1. The number of nitrogens with zero attached hydrogens (tertiary/aromatic N) is 5. The van der Waals surface area contributed by atoms with Gasteiger partial charge < -0.3 is 19.9 Å². The normalized spacial score (nSPS) is 15.2. The molecule has 1 aliphatic heterocycles. The summed E-state index contributed by atoms with van der Waals surface area (Å²) in [6, 6.07) is 10.3. The van der Waals surface area contributed by atoms with Crippen molar-refractivity contribution >= 4 is 11.9 Å². The standard InChI is InChI=1S/C19H26N6O/c1-20-18(23-14-16-4-6-17(7-5-16)15-26-2)24-10-12-25(13-11-24)19-21-8-3-9-22-19/h3-9H,10-15H2,1-2H3,(H,20,23). The third-order valence-electron chi connectivity index (χ3n) is 4.41. The number of benzene rings is 1. The van der Waals surface area contributed by atoms with Crippen LogP contribution in [0.2, 0.25) is 0 Å². The number of anilines is 1. The minimum Gasteiger partial charge on any atom is -0.380 e. The SMILES string of the molecule is CN=C(NCc1ccc(COC)cc1)N1CCN(c2ncccn2)CC1. The van der Waals surface area contributed by atoms with E-state index >= 15 is 0 Å². The van der Waals surface area contributed by atoms with E-state index in [1.807, 2.05) is 13.1 Å². The van der Waals surface area contributed by atoms with Crippen molar-refractivity contribution in [2.45, 2.75) is 13.2 Å². The van der Waals surface area contributed by atoms with E-state index in [0.29, 0.717) is 6.61 Å². The highest BCUT2D eigenvalue weighted by Gasteiger charge is 2.20. The minimum atomic E-state index is 0.644. The summed E-state index contributed by atoms with van der Waals surface area (Å²) in [7, 11) is 3.54. The number of hydrogen-bond acceptors (Lipinski definition) is 5. The van der Waals surface area contributed by atoms with Crippen LogP contribution in [0.4, 0.5) is 5.95 Å². The Labute approximate surface area is 154 Å². The smallest absolute Gasteiger partial charge is 0.225 e. The van der Waals surface area contributed by atoms with Crippen LogP contribution in [0.5, 0.6) is 0 Å². The molecule has 0 amide bonds. The maximum Gasteiger partial charge on any atom is 0.225 e. The highest BCUT2D eigenvalue weighted by molar-refractivity contribution is 5.80. The van der Waals surface area contributed by atoms with E-state index in [9.17, 15) is 0 Å². The van der Waals surface area contributed by atoms with Crippen LogP contribution in [0, 0.1) is 0 Å². The van der Waals surface area contributed by atoms with Gasteiger partial charge in [0, 0.05) is 59.3 Å². The predicted molar refractivity (Wildman–Crippen MR) is 103 cm³/mol. The molecule has 0 saturated carbocycles. The number of rotatable bonds is 5. The number of hydrogen-bond donors (Lipinski definition) is 1. The third-order valence-corrected chi connectivity index (χ3v) is 4.41. The second-order valence-electron chi connectivity index (χ2n) is 6.17. The molecular formula is C19H26N6O. The van der Waals surface area contributed by atoms with E-state index in [-0.39, 0.29) is 0 Å². The molecule has 0 aliphatic carbocycles. The Morgan fingerprint density at radius 1 is 1.08 bits per heavy atom. The van der Waals surface area contributed by atoms with Gasteiger partial charge >= 0.3 is 0 Å². The quantitative estimate of drug-likeness (QED) is 0.649. The Morgan fingerprint density at radius 3 is 2.35 bits per heavy atom. The molecule has 1 aliphatic rings. The number of piperazine rings is 1. The topological polar surface area (TPSA) is 65.9 Å². The summed E-state index contributed by atoms with van der Waals surface area (Å²) in [5.41, 5.74) is 2.40. The lowest BCUT2D eigenvalue weighted by molar-refractivity contribution is 0.185. The molecular weight excluding hydrogens is 328 g/mol. The maximum absolute atomic E-state index is 5.15. The Hall–Kier alpha value is -2.67. The molecule has 1 fully saturated rings. The highest BCUT2D eigenvalue weighted by Crippen LogP contribution is 2.10. The molecule has 0 spiro atoms. The van der Waals surface area contributed by atoms with Crippen LogP contribution in [-0.4, -0.2) is 61.2 Å². The molecule has 2 heterocycles. The van der Waals surface area contributed by atoms with Crippen molar-refractivity contribution in [2.75, 3.05) is 45.2 Å². The lowest BCUT2D eigenvalue weighted by Gasteiger charge is -2.36. The van der Waals surface area contributed by atoms with E-state index in [1.165, 1.54) is 11.1 Å². The van der Waals surface area contributed by atoms with E-state index in [2.05, 4.69) is 54.3 Å². The van der Waals surface area contributed by atoms with Gasteiger partial charge in [-0.05, 0) is 17.2 Å². The van der Waals surface area contributed by atoms with Crippen molar-refractivity contribution in [2.24, 2.45) is 4.99 Å². The fraction of sp³-hybridized carbons (Fsp3) is 0.421. The molecule has 1 saturated heterocycles. The number of methoxy groups -OCH3 is 1. The largest absolute Gasteiger partial charge is 0.380 e. The van der Waals surface area contributed by atoms with E-state index in [1.54, 1.807) is 19.5 Å². The number of guanidine groups is 1. The van der Waals surface area contributed by atoms with E-state index in [0.717, 1.165) is 44.6 Å². The van der Waals surface area contributed by atoms with Crippen molar-refractivity contribution < 1.29 is 4.74 Å². The van der Waals surface area contributed by atoms with Crippen molar-refractivity contribution in [1.29, 1.82) is 0 Å². The van der Waals surface area contributed by atoms with Crippen molar-refractivity contribution in [3.05, 3.63) is 53.9 Å². The minimum absolute atomic E-state index is 0.644. The summed E-state index contributed by atoms with van der Waals surface area (Å²) >= 11 is 0. The van der Waals surface area contributed by atoms with Gasteiger partial charge in [0.2, 0.25) is 5.95 Å². The first kappa shape index (κ1) is 18.1. The molecule has 1 N–H and O–H groups in total. The average Bonchev–Trinajstić information content (AvgIpc) is 2.71. The highest BCUT2D eigenvalue weighted by atomic mass is 16.5. The van der Waals surface area contributed by atoms with Gasteiger partial charge in [0.05, 0.1) is 6.61 Å². The van der Waals surface area contributed by atoms with Crippen LogP contribution in [0.3, 0.4) is 0 Å². The van der Waals surface area contributed by atoms with Gasteiger partial charge in [-0.2, -0.15) is 0 Å². The summed E-state index contributed by atoms with van der Waals surface area (Å²) in [5, 5.41) is 3.46. The van der Waals surface area contributed by atoms with Crippen molar-refractivity contribution in [3.8, 4) is 0 Å². The molecule has 138 valence electrons. The van der Waals surface area contributed by atoms with Gasteiger partial charge in [0.15, 0.2) is 5.96 Å². The van der Waals surface area contributed by atoms with Crippen LogP contribution in [0.1, 0.15) is 11.1 Å². The molecule has 2 aromatic rings. The molecule has 0 atom stereocenters. The molecule has 3 rings (SSSR count). The monoisotopic (exact) mass is 354 g/mol. The van der Waals surface area contributed by atoms with Gasteiger partial charge in [-0.25, -0.2) is 9.97 Å². The molecule has 26 heavy (non-hydrogen) atoms. The van der Waals surface area contributed by atoms with Crippen LogP contribution < -0.4 is 10.2 Å². The Morgan fingerprint density at radius 2 is 1.73 bits per heavy atom. The van der Waals surface area contributed by atoms with Gasteiger partial charge in [-0.3, -0.25) is 4.99 Å². The third kappa shape index (κ3) is 4.70. The summed E-state index contributed by atoms with van der Waals surface area (Å²) in [6.45, 7) is 4.95. The van der Waals surface area contributed by atoms with Crippen LogP contribution in [0.15, 0.2) is 47.7 Å². The van der Waals surface area contributed by atoms with Crippen LogP contribution in [0.25, 0.3) is 0 Å². The maximum atomic E-state index is 5.15. The Kier molecular flexibility index (Phi) is 6.38. The lowest BCUT2D eigenvalue weighted by atomic mass is 10.1. The second kappa shape index (κ2) is 9.15. The first-order valence-electron chi connectivity index (χ1n) is 8.84. The number of aromatic nitrogens is 2. The zero-order chi connectivity index (χ0) is 18.2. The fourth-order valence-corrected chi connectivity index (χ4v) is 3.01. The number of aliphatic imine (C=N–C) groups is 1. The predicted octanol–water partition coefficient (Wildman–Crippen LogP) is 1.52. The molecule has 0 radical (unpaired) electrons. The molecule has 7 heteroatoms. The fourth-order valence-electron chi connectivity index (χ4n) is 3.01. The second-order valence-corrected chi connectivity index (χ2v) is 6.17. The average molecular weight is 354 g/mol. The van der Waals surface area contributed by atoms with Gasteiger partial charge in [-0.15, -0.1) is 0 Å². The molecule has 0 bridgehead atoms. The van der Waals surface area contributed by atoms with E-state index < -0.39 is 0 Å². The summed E-state index contributed by atoms with van der Waals surface area (Å²) in [4.78, 5) is 17.6.